The number of amides is 1. The smallest absolute Gasteiger partial charge is 0.267 e. The second kappa shape index (κ2) is 3.39. The average molecular weight is 168 g/mol. The maximum atomic E-state index is 10.6. The highest BCUT2D eigenvalue weighted by atomic mass is 32.2. The molecule has 1 amide bonds. The molecule has 2 N–H and O–H groups in total. The van der Waals surface area contributed by atoms with Crippen molar-refractivity contribution in [3.05, 3.63) is 24.0 Å². The third-order valence-electron chi connectivity index (χ3n) is 1.22. The Morgan fingerprint density at radius 2 is 2.45 bits per heavy atom. The standard InChI is InChI=1S/C7H8N2OS/c1-11-5-2-3-9-6(4-5)7(8)10/h2-4H,1H3,(H2,8,10). The first kappa shape index (κ1) is 8.07. The van der Waals surface area contributed by atoms with Crippen molar-refractivity contribution in [2.75, 3.05) is 6.26 Å². The van der Waals surface area contributed by atoms with E-state index in [4.69, 9.17) is 5.73 Å². The lowest BCUT2D eigenvalue weighted by Gasteiger charge is -1.96. The molecular formula is C7H8N2OS. The van der Waals surface area contributed by atoms with E-state index in [-0.39, 0.29) is 0 Å². The maximum absolute atomic E-state index is 10.6. The van der Waals surface area contributed by atoms with Crippen LogP contribution in [0.4, 0.5) is 0 Å². The Morgan fingerprint density at radius 1 is 1.73 bits per heavy atom. The molecule has 0 unspecified atom stereocenters. The van der Waals surface area contributed by atoms with Gasteiger partial charge in [0, 0.05) is 11.1 Å². The van der Waals surface area contributed by atoms with Crippen molar-refractivity contribution >= 4 is 17.7 Å². The topological polar surface area (TPSA) is 56.0 Å². The molecule has 1 rings (SSSR count). The summed E-state index contributed by atoms with van der Waals surface area (Å²) >= 11 is 1.55. The number of hydrogen-bond acceptors (Lipinski definition) is 3. The van der Waals surface area contributed by atoms with Crippen LogP contribution in [-0.2, 0) is 0 Å². The first-order chi connectivity index (χ1) is 5.24. The second-order valence-corrected chi connectivity index (χ2v) is 2.82. The number of carbonyl (C=O) groups excluding carboxylic acids is 1. The molecule has 1 aromatic rings. The predicted molar refractivity (Wildman–Crippen MR) is 44.5 cm³/mol. The summed E-state index contributed by atoms with van der Waals surface area (Å²) in [5.74, 6) is -0.485. The van der Waals surface area contributed by atoms with Crippen LogP contribution in [0.1, 0.15) is 10.5 Å². The number of carbonyl (C=O) groups is 1. The Hall–Kier alpha value is -1.03. The highest BCUT2D eigenvalue weighted by molar-refractivity contribution is 7.98. The zero-order valence-electron chi connectivity index (χ0n) is 6.07. The van der Waals surface area contributed by atoms with Crippen molar-refractivity contribution in [1.29, 1.82) is 0 Å². The lowest BCUT2D eigenvalue weighted by Crippen LogP contribution is -2.12. The van der Waals surface area contributed by atoms with Gasteiger partial charge in [0.15, 0.2) is 0 Å². The molecule has 3 nitrogen and oxygen atoms in total. The minimum atomic E-state index is -0.485. The van der Waals surface area contributed by atoms with Gasteiger partial charge in [-0.1, -0.05) is 0 Å². The van der Waals surface area contributed by atoms with Gasteiger partial charge in [0.05, 0.1) is 0 Å². The SMILES string of the molecule is CSc1ccnc(C(N)=O)c1. The van der Waals surface area contributed by atoms with Crippen LogP contribution in [0.3, 0.4) is 0 Å². The Kier molecular flexibility index (Phi) is 2.48. The first-order valence-electron chi connectivity index (χ1n) is 3.04. The van der Waals surface area contributed by atoms with Crippen molar-refractivity contribution in [3.63, 3.8) is 0 Å². The zero-order valence-corrected chi connectivity index (χ0v) is 6.89. The third-order valence-corrected chi connectivity index (χ3v) is 1.94. The van der Waals surface area contributed by atoms with Gasteiger partial charge in [-0.05, 0) is 18.4 Å². The fourth-order valence-electron chi connectivity index (χ4n) is 0.673. The lowest BCUT2D eigenvalue weighted by molar-refractivity contribution is 0.0995. The normalized spacial score (nSPS) is 9.55. The highest BCUT2D eigenvalue weighted by Crippen LogP contribution is 2.13. The van der Waals surface area contributed by atoms with Gasteiger partial charge >= 0.3 is 0 Å². The van der Waals surface area contributed by atoms with Crippen molar-refractivity contribution in [2.24, 2.45) is 5.73 Å². The average Bonchev–Trinajstić information content (AvgIpc) is 2.05. The number of thioether (sulfide) groups is 1. The Bertz CT molecular complexity index is 275. The number of aromatic nitrogens is 1. The van der Waals surface area contributed by atoms with Gasteiger partial charge in [0.25, 0.3) is 5.91 Å². The second-order valence-electron chi connectivity index (χ2n) is 1.95. The summed E-state index contributed by atoms with van der Waals surface area (Å²) in [7, 11) is 0. The molecule has 0 aliphatic carbocycles. The molecule has 4 heteroatoms. The van der Waals surface area contributed by atoms with Gasteiger partial charge in [-0.3, -0.25) is 9.78 Å². The molecular weight excluding hydrogens is 160 g/mol. The van der Waals surface area contributed by atoms with Gasteiger partial charge in [-0.25, -0.2) is 0 Å². The lowest BCUT2D eigenvalue weighted by atomic mass is 10.3. The van der Waals surface area contributed by atoms with E-state index in [1.807, 2.05) is 12.3 Å². The predicted octanol–water partition coefficient (Wildman–Crippen LogP) is 0.902. The van der Waals surface area contributed by atoms with Crippen LogP contribution in [0.5, 0.6) is 0 Å². The quantitative estimate of drug-likeness (QED) is 0.667. The molecule has 0 spiro atoms. The van der Waals surface area contributed by atoms with E-state index in [2.05, 4.69) is 4.98 Å². The molecule has 0 aliphatic rings. The summed E-state index contributed by atoms with van der Waals surface area (Å²) in [5.41, 5.74) is 5.34. The van der Waals surface area contributed by atoms with Gasteiger partial charge in [-0.15, -0.1) is 11.8 Å². The molecule has 0 aliphatic heterocycles. The number of nitrogens with zero attached hydrogens (tertiary/aromatic N) is 1. The van der Waals surface area contributed by atoms with E-state index < -0.39 is 5.91 Å². The number of pyridine rings is 1. The van der Waals surface area contributed by atoms with Crippen molar-refractivity contribution in [3.8, 4) is 0 Å². The number of rotatable bonds is 2. The van der Waals surface area contributed by atoms with Gasteiger partial charge in [-0.2, -0.15) is 0 Å². The van der Waals surface area contributed by atoms with Crippen LogP contribution >= 0.6 is 11.8 Å². The summed E-state index contributed by atoms with van der Waals surface area (Å²) in [6.07, 6.45) is 3.51. The minimum absolute atomic E-state index is 0.317. The minimum Gasteiger partial charge on any atom is -0.364 e. The molecule has 11 heavy (non-hydrogen) atoms. The summed E-state index contributed by atoms with van der Waals surface area (Å²) in [5, 5.41) is 0. The van der Waals surface area contributed by atoms with Crippen molar-refractivity contribution < 1.29 is 4.79 Å². The van der Waals surface area contributed by atoms with E-state index in [0.29, 0.717) is 5.69 Å². The summed E-state index contributed by atoms with van der Waals surface area (Å²) in [4.78, 5) is 15.4. The van der Waals surface area contributed by atoms with Crippen molar-refractivity contribution in [1.82, 2.24) is 4.98 Å². The summed E-state index contributed by atoms with van der Waals surface area (Å²) in [6, 6.07) is 3.50. The van der Waals surface area contributed by atoms with Crippen LogP contribution in [-0.4, -0.2) is 17.1 Å². The molecule has 0 saturated carbocycles. The third kappa shape index (κ3) is 1.94. The largest absolute Gasteiger partial charge is 0.364 e. The van der Waals surface area contributed by atoms with Crippen LogP contribution in [0, 0.1) is 0 Å². The van der Waals surface area contributed by atoms with Crippen LogP contribution < -0.4 is 5.73 Å². The maximum Gasteiger partial charge on any atom is 0.267 e. The van der Waals surface area contributed by atoms with E-state index in [1.165, 1.54) is 0 Å². The van der Waals surface area contributed by atoms with E-state index in [9.17, 15) is 4.79 Å². The molecule has 0 radical (unpaired) electrons. The van der Waals surface area contributed by atoms with Crippen LogP contribution in [0.15, 0.2) is 23.2 Å². The molecule has 58 valence electrons. The van der Waals surface area contributed by atoms with Crippen molar-refractivity contribution in [2.45, 2.75) is 4.90 Å². The van der Waals surface area contributed by atoms with E-state index >= 15 is 0 Å². The molecule has 1 aromatic heterocycles. The monoisotopic (exact) mass is 168 g/mol. The van der Waals surface area contributed by atoms with Gasteiger partial charge in [0.1, 0.15) is 5.69 Å². The van der Waals surface area contributed by atoms with Crippen LogP contribution in [0.2, 0.25) is 0 Å². The summed E-state index contributed by atoms with van der Waals surface area (Å²) < 4.78 is 0. The number of nitrogens with two attached hydrogens (primary N) is 1. The Labute approximate surface area is 69.0 Å². The number of primary amides is 1. The first-order valence-corrected chi connectivity index (χ1v) is 4.26. The van der Waals surface area contributed by atoms with E-state index in [0.717, 1.165) is 4.90 Å². The Balaban J connectivity index is 3.01. The fraction of sp³-hybridized carbons (Fsp3) is 0.143. The molecule has 0 aromatic carbocycles. The molecule has 0 bridgehead atoms. The van der Waals surface area contributed by atoms with Crippen LogP contribution in [0.25, 0.3) is 0 Å². The van der Waals surface area contributed by atoms with E-state index in [1.54, 1.807) is 24.0 Å². The fourth-order valence-corrected chi connectivity index (χ4v) is 1.10. The Morgan fingerprint density at radius 3 is 3.00 bits per heavy atom. The van der Waals surface area contributed by atoms with Gasteiger partial charge < -0.3 is 5.73 Å². The molecule has 0 saturated heterocycles. The zero-order chi connectivity index (χ0) is 8.27. The number of hydrogen-bond donors (Lipinski definition) is 1. The molecule has 0 atom stereocenters. The summed E-state index contributed by atoms with van der Waals surface area (Å²) in [6.45, 7) is 0. The highest BCUT2D eigenvalue weighted by Gasteiger charge is 2.00. The van der Waals surface area contributed by atoms with Gasteiger partial charge in [0.2, 0.25) is 0 Å². The molecule has 1 heterocycles. The molecule has 0 fully saturated rings.